The van der Waals surface area contributed by atoms with E-state index >= 15 is 0 Å². The number of amides is 1. The molecule has 2 heterocycles. The van der Waals surface area contributed by atoms with Gasteiger partial charge in [-0.15, -0.1) is 0 Å². The zero-order chi connectivity index (χ0) is 19.1. The second-order valence-corrected chi connectivity index (χ2v) is 7.01. The van der Waals surface area contributed by atoms with Crippen LogP contribution < -0.4 is 5.32 Å². The highest BCUT2D eigenvalue weighted by Gasteiger charge is 2.17. The second kappa shape index (κ2) is 9.88. The van der Waals surface area contributed by atoms with Gasteiger partial charge < -0.3 is 14.8 Å². The highest BCUT2D eigenvalue weighted by Crippen LogP contribution is 2.19. The smallest absolute Gasteiger partial charge is 0.254 e. The standard InChI is InChI=1S/C20H26ClN3O3/c1-2-19-18(13-23-24(19)16-7-3-6-15(21)12-16)20(25)22-9-5-10-26-14-17-8-4-11-27-17/h3,6-7,12-13,17H,2,4-5,8-11,14H2,1H3,(H,22,25). The Bertz CT molecular complexity index is 757. The third kappa shape index (κ3) is 5.31. The first kappa shape index (κ1) is 19.9. The van der Waals surface area contributed by atoms with E-state index in [4.69, 9.17) is 21.1 Å². The minimum atomic E-state index is -0.112. The van der Waals surface area contributed by atoms with Crippen molar-refractivity contribution in [3.05, 3.63) is 46.7 Å². The molecule has 1 aliphatic heterocycles. The molecule has 0 saturated carbocycles. The first-order valence-corrected chi connectivity index (χ1v) is 9.87. The van der Waals surface area contributed by atoms with Crippen LogP contribution in [0.3, 0.4) is 0 Å². The SMILES string of the molecule is CCc1c(C(=O)NCCCOCC2CCCO2)cnn1-c1cccc(Cl)c1. The van der Waals surface area contributed by atoms with Crippen LogP contribution in [-0.4, -0.2) is 48.2 Å². The Balaban J connectivity index is 1.49. The molecule has 7 heteroatoms. The first-order valence-electron chi connectivity index (χ1n) is 9.49. The largest absolute Gasteiger partial charge is 0.379 e. The van der Waals surface area contributed by atoms with E-state index in [1.165, 1.54) is 0 Å². The van der Waals surface area contributed by atoms with Crippen LogP contribution in [0, 0.1) is 0 Å². The molecule has 0 spiro atoms. The molecule has 1 aromatic carbocycles. The number of rotatable bonds is 9. The summed E-state index contributed by atoms with van der Waals surface area (Å²) in [7, 11) is 0. The van der Waals surface area contributed by atoms with Gasteiger partial charge in [-0.3, -0.25) is 4.79 Å². The molecule has 3 rings (SSSR count). The van der Waals surface area contributed by atoms with Crippen LogP contribution in [0.15, 0.2) is 30.5 Å². The van der Waals surface area contributed by atoms with Gasteiger partial charge in [-0.05, 0) is 43.9 Å². The fourth-order valence-corrected chi connectivity index (χ4v) is 3.38. The van der Waals surface area contributed by atoms with Crippen LogP contribution in [0.1, 0.15) is 42.2 Å². The number of benzene rings is 1. The maximum Gasteiger partial charge on any atom is 0.254 e. The van der Waals surface area contributed by atoms with Crippen LogP contribution in [0.4, 0.5) is 0 Å². The van der Waals surface area contributed by atoms with Gasteiger partial charge in [0.15, 0.2) is 0 Å². The van der Waals surface area contributed by atoms with E-state index in [-0.39, 0.29) is 12.0 Å². The maximum absolute atomic E-state index is 12.5. The van der Waals surface area contributed by atoms with Crippen molar-refractivity contribution < 1.29 is 14.3 Å². The molecule has 0 radical (unpaired) electrons. The summed E-state index contributed by atoms with van der Waals surface area (Å²) in [5.41, 5.74) is 2.31. The molecule has 1 aliphatic rings. The zero-order valence-corrected chi connectivity index (χ0v) is 16.4. The number of hydrogen-bond acceptors (Lipinski definition) is 4. The molecule has 0 aliphatic carbocycles. The van der Waals surface area contributed by atoms with Gasteiger partial charge in [-0.2, -0.15) is 5.10 Å². The number of aromatic nitrogens is 2. The number of nitrogens with one attached hydrogen (secondary N) is 1. The molecule has 1 aromatic heterocycles. The number of carbonyl (C=O) groups excluding carboxylic acids is 1. The Labute approximate surface area is 164 Å². The maximum atomic E-state index is 12.5. The van der Waals surface area contributed by atoms with Gasteiger partial charge in [-0.1, -0.05) is 24.6 Å². The van der Waals surface area contributed by atoms with Crippen LogP contribution in [0.25, 0.3) is 5.69 Å². The fourth-order valence-electron chi connectivity index (χ4n) is 3.20. The van der Waals surface area contributed by atoms with Crippen LogP contribution in [0.2, 0.25) is 5.02 Å². The number of ether oxygens (including phenoxy) is 2. The van der Waals surface area contributed by atoms with Crippen molar-refractivity contribution in [2.45, 2.75) is 38.7 Å². The van der Waals surface area contributed by atoms with E-state index in [0.717, 1.165) is 37.3 Å². The van der Waals surface area contributed by atoms with Gasteiger partial charge in [-0.25, -0.2) is 4.68 Å². The number of hydrogen-bond donors (Lipinski definition) is 1. The van der Waals surface area contributed by atoms with Gasteiger partial charge in [0.05, 0.1) is 35.9 Å². The summed E-state index contributed by atoms with van der Waals surface area (Å²) in [6.45, 7) is 4.67. The van der Waals surface area contributed by atoms with E-state index in [9.17, 15) is 4.79 Å². The van der Waals surface area contributed by atoms with E-state index in [1.54, 1.807) is 10.9 Å². The fraction of sp³-hybridized carbons (Fsp3) is 0.500. The Hall–Kier alpha value is -1.89. The van der Waals surface area contributed by atoms with E-state index < -0.39 is 0 Å². The Morgan fingerprint density at radius 3 is 3.11 bits per heavy atom. The lowest BCUT2D eigenvalue weighted by Crippen LogP contribution is -2.26. The number of nitrogens with zero attached hydrogens (tertiary/aromatic N) is 2. The number of carbonyl (C=O) groups is 1. The summed E-state index contributed by atoms with van der Waals surface area (Å²) in [5, 5.41) is 7.97. The first-order chi connectivity index (χ1) is 13.2. The van der Waals surface area contributed by atoms with Crippen molar-refractivity contribution in [2.24, 2.45) is 0 Å². The topological polar surface area (TPSA) is 65.4 Å². The lowest BCUT2D eigenvalue weighted by atomic mass is 10.2. The van der Waals surface area contributed by atoms with Crippen molar-refractivity contribution in [1.82, 2.24) is 15.1 Å². The molecule has 1 amide bonds. The van der Waals surface area contributed by atoms with Gasteiger partial charge in [0, 0.05) is 24.8 Å². The molecule has 1 unspecified atom stereocenters. The second-order valence-electron chi connectivity index (χ2n) is 6.57. The molecular formula is C20H26ClN3O3. The minimum absolute atomic E-state index is 0.112. The molecule has 2 aromatic rings. The molecule has 1 saturated heterocycles. The summed E-state index contributed by atoms with van der Waals surface area (Å²) in [4.78, 5) is 12.5. The van der Waals surface area contributed by atoms with E-state index in [2.05, 4.69) is 10.4 Å². The van der Waals surface area contributed by atoms with Crippen LogP contribution >= 0.6 is 11.6 Å². The summed E-state index contributed by atoms with van der Waals surface area (Å²) < 4.78 is 12.9. The third-order valence-corrected chi connectivity index (χ3v) is 4.82. The van der Waals surface area contributed by atoms with Gasteiger partial charge >= 0.3 is 0 Å². The molecule has 1 atom stereocenters. The lowest BCUT2D eigenvalue weighted by molar-refractivity contribution is 0.0166. The third-order valence-electron chi connectivity index (χ3n) is 4.58. The summed E-state index contributed by atoms with van der Waals surface area (Å²) >= 11 is 6.07. The quantitative estimate of drug-likeness (QED) is 0.665. The van der Waals surface area contributed by atoms with Crippen molar-refractivity contribution in [2.75, 3.05) is 26.4 Å². The van der Waals surface area contributed by atoms with E-state index in [1.807, 2.05) is 31.2 Å². The molecule has 146 valence electrons. The summed E-state index contributed by atoms with van der Waals surface area (Å²) in [5.74, 6) is -0.112. The molecule has 27 heavy (non-hydrogen) atoms. The molecule has 1 fully saturated rings. The lowest BCUT2D eigenvalue weighted by Gasteiger charge is -2.11. The predicted molar refractivity (Wildman–Crippen MR) is 105 cm³/mol. The van der Waals surface area contributed by atoms with Crippen LogP contribution in [-0.2, 0) is 15.9 Å². The average Bonchev–Trinajstić information content (AvgIpc) is 3.33. The highest BCUT2D eigenvalue weighted by molar-refractivity contribution is 6.30. The Morgan fingerprint density at radius 2 is 2.37 bits per heavy atom. The van der Waals surface area contributed by atoms with Crippen molar-refractivity contribution >= 4 is 17.5 Å². The predicted octanol–water partition coefficient (Wildman–Crippen LogP) is 3.40. The minimum Gasteiger partial charge on any atom is -0.379 e. The highest BCUT2D eigenvalue weighted by atomic mass is 35.5. The van der Waals surface area contributed by atoms with Gasteiger partial charge in [0.25, 0.3) is 5.91 Å². The van der Waals surface area contributed by atoms with Crippen molar-refractivity contribution in [1.29, 1.82) is 0 Å². The summed E-state index contributed by atoms with van der Waals surface area (Å²) in [6.07, 6.45) is 5.51. The van der Waals surface area contributed by atoms with Gasteiger partial charge in [0.2, 0.25) is 0 Å². The van der Waals surface area contributed by atoms with Crippen molar-refractivity contribution in [3.8, 4) is 5.69 Å². The molecular weight excluding hydrogens is 366 g/mol. The summed E-state index contributed by atoms with van der Waals surface area (Å²) in [6, 6.07) is 7.44. The van der Waals surface area contributed by atoms with Gasteiger partial charge in [0.1, 0.15) is 0 Å². The zero-order valence-electron chi connectivity index (χ0n) is 15.6. The normalized spacial score (nSPS) is 16.6. The average molecular weight is 392 g/mol. The Kier molecular flexibility index (Phi) is 7.26. The monoisotopic (exact) mass is 391 g/mol. The number of halogens is 1. The Morgan fingerprint density at radius 1 is 1.48 bits per heavy atom. The van der Waals surface area contributed by atoms with Crippen LogP contribution in [0.5, 0.6) is 0 Å². The van der Waals surface area contributed by atoms with E-state index in [0.29, 0.717) is 36.8 Å². The molecule has 6 nitrogen and oxygen atoms in total. The molecule has 1 N–H and O–H groups in total. The molecule has 0 bridgehead atoms. The van der Waals surface area contributed by atoms with Crippen molar-refractivity contribution in [3.63, 3.8) is 0 Å².